The Labute approximate surface area is 144 Å². The van der Waals surface area contributed by atoms with Crippen molar-refractivity contribution in [3.8, 4) is 0 Å². The first-order valence-electron chi connectivity index (χ1n) is 8.01. The van der Waals surface area contributed by atoms with Gasteiger partial charge in [-0.2, -0.15) is 0 Å². The Kier molecular flexibility index (Phi) is 5.46. The van der Waals surface area contributed by atoms with Crippen molar-refractivity contribution in [1.82, 2.24) is 25.5 Å². The third-order valence-electron chi connectivity index (χ3n) is 3.78. The van der Waals surface area contributed by atoms with Crippen LogP contribution in [0.4, 0.5) is 4.39 Å². The summed E-state index contributed by atoms with van der Waals surface area (Å²) in [5.74, 6) is 0.0419. The lowest BCUT2D eigenvalue weighted by Gasteiger charge is -2.07. The number of nitrogens with zero attached hydrogens (tertiary/aromatic N) is 4. The molecule has 1 aromatic heterocycles. The van der Waals surface area contributed by atoms with Gasteiger partial charge in [0, 0.05) is 13.1 Å². The molecule has 0 saturated heterocycles. The number of hydrogen-bond acceptors (Lipinski definition) is 4. The number of hydrogen-bond donors (Lipinski definition) is 1. The summed E-state index contributed by atoms with van der Waals surface area (Å²) in [5, 5.41) is 14.3. The highest BCUT2D eigenvalue weighted by molar-refractivity contribution is 5.77. The van der Waals surface area contributed by atoms with E-state index in [-0.39, 0.29) is 18.1 Å². The molecule has 3 rings (SSSR count). The first kappa shape index (κ1) is 16.8. The van der Waals surface area contributed by atoms with E-state index >= 15 is 0 Å². The highest BCUT2D eigenvalue weighted by Crippen LogP contribution is 2.04. The Morgan fingerprint density at radius 2 is 1.80 bits per heavy atom. The van der Waals surface area contributed by atoms with Crippen LogP contribution < -0.4 is 5.32 Å². The third-order valence-corrected chi connectivity index (χ3v) is 3.78. The molecule has 1 N–H and O–H groups in total. The zero-order valence-electron chi connectivity index (χ0n) is 13.6. The molecule has 128 valence electrons. The number of nitrogens with one attached hydrogen (secondary N) is 1. The molecule has 6 nitrogen and oxygen atoms in total. The van der Waals surface area contributed by atoms with Gasteiger partial charge in [-0.25, -0.2) is 9.07 Å². The summed E-state index contributed by atoms with van der Waals surface area (Å²) in [6.45, 7) is 0.947. The predicted octanol–water partition coefficient (Wildman–Crippen LogP) is 1.91. The lowest BCUT2D eigenvalue weighted by molar-refractivity contribution is -0.120. The minimum absolute atomic E-state index is 0.100. The van der Waals surface area contributed by atoms with Crippen LogP contribution in [0.5, 0.6) is 0 Å². The second-order valence-electron chi connectivity index (χ2n) is 5.63. The summed E-state index contributed by atoms with van der Waals surface area (Å²) in [5.41, 5.74) is 2.02. The minimum Gasteiger partial charge on any atom is -0.352 e. The van der Waals surface area contributed by atoms with Crippen LogP contribution in [0.15, 0.2) is 54.6 Å². The SMILES string of the molecule is O=C(Cc1nnnn1CCc1ccccc1)NCc1ccc(F)cc1. The minimum atomic E-state index is -0.298. The van der Waals surface area contributed by atoms with Gasteiger partial charge in [-0.05, 0) is 40.1 Å². The van der Waals surface area contributed by atoms with Crippen LogP contribution in [0.25, 0.3) is 0 Å². The fourth-order valence-electron chi connectivity index (χ4n) is 2.41. The van der Waals surface area contributed by atoms with E-state index < -0.39 is 0 Å². The second-order valence-corrected chi connectivity index (χ2v) is 5.63. The fraction of sp³-hybridized carbons (Fsp3) is 0.222. The summed E-state index contributed by atoms with van der Waals surface area (Å²) in [4.78, 5) is 12.1. The molecule has 0 atom stereocenters. The van der Waals surface area contributed by atoms with E-state index in [1.807, 2.05) is 30.3 Å². The van der Waals surface area contributed by atoms with Gasteiger partial charge < -0.3 is 5.32 Å². The molecular formula is C18H18FN5O. The van der Waals surface area contributed by atoms with Crippen LogP contribution in [0.3, 0.4) is 0 Å². The lowest BCUT2D eigenvalue weighted by Crippen LogP contribution is -2.26. The molecule has 0 spiro atoms. The Hall–Kier alpha value is -3.09. The highest BCUT2D eigenvalue weighted by atomic mass is 19.1. The quantitative estimate of drug-likeness (QED) is 0.714. The second kappa shape index (κ2) is 8.14. The molecule has 25 heavy (non-hydrogen) atoms. The van der Waals surface area contributed by atoms with Gasteiger partial charge in [-0.1, -0.05) is 42.5 Å². The van der Waals surface area contributed by atoms with Gasteiger partial charge in [-0.3, -0.25) is 4.79 Å². The van der Waals surface area contributed by atoms with E-state index in [2.05, 4.69) is 20.8 Å². The van der Waals surface area contributed by atoms with Crippen LogP contribution >= 0.6 is 0 Å². The van der Waals surface area contributed by atoms with Crippen LogP contribution in [-0.4, -0.2) is 26.1 Å². The number of rotatable bonds is 7. The first-order valence-corrected chi connectivity index (χ1v) is 8.01. The number of tetrazole rings is 1. The Morgan fingerprint density at radius 3 is 2.56 bits per heavy atom. The third kappa shape index (κ3) is 4.94. The molecule has 0 radical (unpaired) electrons. The topological polar surface area (TPSA) is 72.7 Å². The molecule has 2 aromatic carbocycles. The van der Waals surface area contributed by atoms with Gasteiger partial charge in [0.05, 0.1) is 6.42 Å². The summed E-state index contributed by atoms with van der Waals surface area (Å²) >= 11 is 0. The number of aryl methyl sites for hydroxylation is 2. The lowest BCUT2D eigenvalue weighted by atomic mass is 10.1. The molecule has 0 aliphatic heterocycles. The maximum Gasteiger partial charge on any atom is 0.227 e. The van der Waals surface area contributed by atoms with E-state index in [4.69, 9.17) is 0 Å². The van der Waals surface area contributed by atoms with Crippen molar-refractivity contribution >= 4 is 5.91 Å². The van der Waals surface area contributed by atoms with Gasteiger partial charge in [0.2, 0.25) is 5.91 Å². The summed E-state index contributed by atoms with van der Waals surface area (Å²) in [7, 11) is 0. The van der Waals surface area contributed by atoms with E-state index in [0.29, 0.717) is 18.9 Å². The van der Waals surface area contributed by atoms with Crippen molar-refractivity contribution in [3.05, 3.63) is 77.4 Å². The summed E-state index contributed by atoms with van der Waals surface area (Å²) in [6, 6.07) is 16.0. The molecular weight excluding hydrogens is 321 g/mol. The molecule has 0 aliphatic rings. The van der Waals surface area contributed by atoms with E-state index in [9.17, 15) is 9.18 Å². The van der Waals surface area contributed by atoms with Gasteiger partial charge in [0.15, 0.2) is 5.82 Å². The van der Waals surface area contributed by atoms with Crippen LogP contribution in [0, 0.1) is 5.82 Å². The van der Waals surface area contributed by atoms with Crippen LogP contribution in [0.2, 0.25) is 0 Å². The summed E-state index contributed by atoms with van der Waals surface area (Å²) < 4.78 is 14.5. The van der Waals surface area contributed by atoms with Crippen molar-refractivity contribution in [2.75, 3.05) is 0 Å². The van der Waals surface area contributed by atoms with Crippen molar-refractivity contribution in [1.29, 1.82) is 0 Å². The van der Waals surface area contributed by atoms with Crippen molar-refractivity contribution in [3.63, 3.8) is 0 Å². The average Bonchev–Trinajstić information content (AvgIpc) is 3.07. The number of aromatic nitrogens is 4. The maximum atomic E-state index is 12.9. The molecule has 3 aromatic rings. The Balaban J connectivity index is 1.51. The van der Waals surface area contributed by atoms with E-state index in [1.54, 1.807) is 16.8 Å². The van der Waals surface area contributed by atoms with Gasteiger partial charge >= 0.3 is 0 Å². The number of benzene rings is 2. The van der Waals surface area contributed by atoms with Crippen LogP contribution in [0.1, 0.15) is 17.0 Å². The largest absolute Gasteiger partial charge is 0.352 e. The number of amides is 1. The molecule has 0 fully saturated rings. The maximum absolute atomic E-state index is 12.9. The van der Waals surface area contributed by atoms with Crippen molar-refractivity contribution in [2.45, 2.75) is 25.9 Å². The molecule has 0 bridgehead atoms. The molecule has 0 saturated carbocycles. The first-order chi connectivity index (χ1) is 12.2. The Morgan fingerprint density at radius 1 is 1.04 bits per heavy atom. The molecule has 0 unspecified atom stereocenters. The fourth-order valence-corrected chi connectivity index (χ4v) is 2.41. The number of carbonyl (C=O) groups is 1. The molecule has 1 heterocycles. The summed E-state index contributed by atoms with van der Waals surface area (Å²) in [6.07, 6.45) is 0.888. The number of carbonyl (C=O) groups excluding carboxylic acids is 1. The smallest absolute Gasteiger partial charge is 0.227 e. The van der Waals surface area contributed by atoms with E-state index in [1.165, 1.54) is 17.7 Å². The zero-order chi connectivity index (χ0) is 17.5. The number of halogens is 1. The van der Waals surface area contributed by atoms with E-state index in [0.717, 1.165) is 12.0 Å². The van der Waals surface area contributed by atoms with Crippen molar-refractivity contribution < 1.29 is 9.18 Å². The highest BCUT2D eigenvalue weighted by Gasteiger charge is 2.11. The normalized spacial score (nSPS) is 10.6. The monoisotopic (exact) mass is 339 g/mol. The van der Waals surface area contributed by atoms with Crippen LogP contribution in [-0.2, 0) is 30.7 Å². The average molecular weight is 339 g/mol. The standard InChI is InChI=1S/C18H18FN5O/c19-16-8-6-15(7-9-16)13-20-18(25)12-17-21-22-23-24(17)11-10-14-4-2-1-3-5-14/h1-9H,10-13H2,(H,20,25). The predicted molar refractivity (Wildman–Crippen MR) is 89.9 cm³/mol. The molecule has 0 aliphatic carbocycles. The zero-order valence-corrected chi connectivity index (χ0v) is 13.6. The van der Waals surface area contributed by atoms with Crippen molar-refractivity contribution in [2.24, 2.45) is 0 Å². The van der Waals surface area contributed by atoms with Gasteiger partial charge in [0.1, 0.15) is 5.82 Å². The molecule has 1 amide bonds. The Bertz CT molecular complexity index is 817. The van der Waals surface area contributed by atoms with Gasteiger partial charge in [0.25, 0.3) is 0 Å². The van der Waals surface area contributed by atoms with Gasteiger partial charge in [-0.15, -0.1) is 5.10 Å². The molecule has 7 heteroatoms.